The van der Waals surface area contributed by atoms with Gasteiger partial charge in [-0.2, -0.15) is 5.10 Å². The molecule has 1 saturated carbocycles. The summed E-state index contributed by atoms with van der Waals surface area (Å²) in [5, 5.41) is 7.76. The van der Waals surface area contributed by atoms with Crippen molar-refractivity contribution < 1.29 is 0 Å². The number of halogens is 1. The lowest BCUT2D eigenvalue weighted by Crippen LogP contribution is -2.17. The lowest BCUT2D eigenvalue weighted by molar-refractivity contribution is 0.617. The first-order valence-electron chi connectivity index (χ1n) is 5.83. The molecule has 0 radical (unpaired) electrons. The number of anilines is 1. The molecule has 5 heteroatoms. The van der Waals surface area contributed by atoms with Crippen molar-refractivity contribution in [2.75, 3.05) is 17.7 Å². The van der Waals surface area contributed by atoms with Crippen LogP contribution < -0.4 is 5.32 Å². The number of nitrogens with one attached hydrogen (secondary N) is 1. The molecule has 0 atom stereocenters. The van der Waals surface area contributed by atoms with Gasteiger partial charge in [0.15, 0.2) is 5.82 Å². The topological polar surface area (TPSA) is 42.2 Å². The van der Waals surface area contributed by atoms with Crippen LogP contribution in [0.25, 0.3) is 5.52 Å². The Balaban J connectivity index is 1.85. The Labute approximate surface area is 105 Å². The van der Waals surface area contributed by atoms with Crippen molar-refractivity contribution in [2.24, 2.45) is 5.41 Å². The van der Waals surface area contributed by atoms with Crippen molar-refractivity contribution in [1.29, 1.82) is 0 Å². The van der Waals surface area contributed by atoms with Gasteiger partial charge in [0.25, 0.3) is 0 Å². The molecule has 4 nitrogen and oxygen atoms in total. The molecular formula is C12H15ClN4. The summed E-state index contributed by atoms with van der Waals surface area (Å²) in [7, 11) is 0. The van der Waals surface area contributed by atoms with Crippen molar-refractivity contribution >= 4 is 22.9 Å². The summed E-state index contributed by atoms with van der Waals surface area (Å²) in [5.74, 6) is 1.62. The molecular weight excluding hydrogens is 236 g/mol. The zero-order chi connectivity index (χ0) is 11.9. The smallest absolute Gasteiger partial charge is 0.152 e. The van der Waals surface area contributed by atoms with E-state index in [9.17, 15) is 0 Å². The SMILES string of the molecule is Cc1cc2c(NCC3(CCl)CC3)nccn2n1. The molecule has 0 saturated heterocycles. The Morgan fingerprint density at radius 1 is 1.53 bits per heavy atom. The summed E-state index contributed by atoms with van der Waals surface area (Å²) in [6.07, 6.45) is 6.06. The number of fused-ring (bicyclic) bond motifs is 1. The molecule has 1 aliphatic rings. The minimum absolute atomic E-state index is 0.297. The number of hydrogen-bond acceptors (Lipinski definition) is 3. The van der Waals surface area contributed by atoms with Gasteiger partial charge in [0.2, 0.25) is 0 Å². The van der Waals surface area contributed by atoms with E-state index >= 15 is 0 Å². The first kappa shape index (κ1) is 10.8. The molecule has 0 aliphatic heterocycles. The Morgan fingerprint density at radius 3 is 3.06 bits per heavy atom. The van der Waals surface area contributed by atoms with Crippen LogP contribution in [0.1, 0.15) is 18.5 Å². The number of alkyl halides is 1. The number of aryl methyl sites for hydroxylation is 1. The molecule has 1 N–H and O–H groups in total. The second-order valence-corrected chi connectivity index (χ2v) is 5.15. The van der Waals surface area contributed by atoms with Gasteiger partial charge in [0, 0.05) is 30.2 Å². The fraction of sp³-hybridized carbons (Fsp3) is 0.500. The predicted octanol–water partition coefficient (Wildman–Crippen LogP) is 2.47. The predicted molar refractivity (Wildman–Crippen MR) is 68.6 cm³/mol. The number of aromatic nitrogens is 3. The molecule has 1 aliphatic carbocycles. The average molecular weight is 251 g/mol. The summed E-state index contributed by atoms with van der Waals surface area (Å²) < 4.78 is 1.85. The van der Waals surface area contributed by atoms with Crippen molar-refractivity contribution in [2.45, 2.75) is 19.8 Å². The molecule has 2 heterocycles. The van der Waals surface area contributed by atoms with Crippen LogP contribution >= 0.6 is 11.6 Å². The molecule has 3 rings (SSSR count). The van der Waals surface area contributed by atoms with Crippen molar-refractivity contribution in [3.8, 4) is 0 Å². The van der Waals surface area contributed by atoms with Gasteiger partial charge >= 0.3 is 0 Å². The summed E-state index contributed by atoms with van der Waals surface area (Å²) in [5.41, 5.74) is 2.32. The highest BCUT2D eigenvalue weighted by atomic mass is 35.5. The Hall–Kier alpha value is -1.29. The van der Waals surface area contributed by atoms with E-state index in [1.807, 2.05) is 23.7 Å². The number of rotatable bonds is 4. The van der Waals surface area contributed by atoms with Crippen LogP contribution in [-0.4, -0.2) is 27.0 Å². The van der Waals surface area contributed by atoms with Crippen LogP contribution in [-0.2, 0) is 0 Å². The normalized spacial score (nSPS) is 17.3. The van der Waals surface area contributed by atoms with E-state index < -0.39 is 0 Å². The summed E-state index contributed by atoms with van der Waals surface area (Å²) in [6, 6.07) is 2.04. The lowest BCUT2D eigenvalue weighted by Gasteiger charge is -2.13. The van der Waals surface area contributed by atoms with Gasteiger partial charge < -0.3 is 5.32 Å². The van der Waals surface area contributed by atoms with Gasteiger partial charge in [-0.1, -0.05) is 0 Å². The van der Waals surface area contributed by atoms with E-state index in [-0.39, 0.29) is 0 Å². The molecule has 0 amide bonds. The first-order valence-corrected chi connectivity index (χ1v) is 6.37. The van der Waals surface area contributed by atoms with Crippen molar-refractivity contribution in [1.82, 2.24) is 14.6 Å². The largest absolute Gasteiger partial charge is 0.368 e. The van der Waals surface area contributed by atoms with E-state index in [2.05, 4.69) is 15.4 Å². The monoisotopic (exact) mass is 250 g/mol. The van der Waals surface area contributed by atoms with E-state index in [1.165, 1.54) is 12.8 Å². The zero-order valence-electron chi connectivity index (χ0n) is 9.78. The molecule has 2 aromatic heterocycles. The van der Waals surface area contributed by atoms with Crippen LogP contribution in [0.2, 0.25) is 0 Å². The third-order valence-corrected chi connectivity index (χ3v) is 3.95. The average Bonchev–Trinajstić information content (AvgIpc) is 3.01. The fourth-order valence-electron chi connectivity index (χ4n) is 1.99. The highest BCUT2D eigenvalue weighted by molar-refractivity contribution is 6.18. The van der Waals surface area contributed by atoms with Crippen LogP contribution in [0, 0.1) is 12.3 Å². The van der Waals surface area contributed by atoms with Crippen molar-refractivity contribution in [3.63, 3.8) is 0 Å². The second-order valence-electron chi connectivity index (χ2n) is 4.88. The quantitative estimate of drug-likeness (QED) is 0.848. The molecule has 1 fully saturated rings. The second kappa shape index (κ2) is 3.88. The van der Waals surface area contributed by atoms with Gasteiger partial charge in [-0.05, 0) is 25.8 Å². The molecule has 0 spiro atoms. The van der Waals surface area contributed by atoms with Gasteiger partial charge in [-0.25, -0.2) is 9.50 Å². The molecule has 0 bridgehead atoms. The highest BCUT2D eigenvalue weighted by Crippen LogP contribution is 2.46. The fourth-order valence-corrected chi connectivity index (χ4v) is 2.35. The van der Waals surface area contributed by atoms with E-state index in [4.69, 9.17) is 11.6 Å². The van der Waals surface area contributed by atoms with Crippen LogP contribution in [0.15, 0.2) is 18.5 Å². The van der Waals surface area contributed by atoms with E-state index in [1.54, 1.807) is 6.20 Å². The number of nitrogens with zero attached hydrogens (tertiary/aromatic N) is 3. The molecule has 90 valence electrons. The van der Waals surface area contributed by atoms with Gasteiger partial charge in [-0.3, -0.25) is 0 Å². The zero-order valence-corrected chi connectivity index (χ0v) is 10.5. The van der Waals surface area contributed by atoms with E-state index in [0.717, 1.165) is 29.5 Å². The third-order valence-electron chi connectivity index (χ3n) is 3.38. The minimum atomic E-state index is 0.297. The standard InChI is InChI=1S/C12H15ClN4/c1-9-6-10-11(14-4-5-17(10)16-9)15-8-12(7-13)2-3-12/h4-6H,2-3,7-8H2,1H3,(H,14,15). The summed E-state index contributed by atoms with van der Waals surface area (Å²) in [6.45, 7) is 2.88. The molecule has 0 aromatic carbocycles. The maximum Gasteiger partial charge on any atom is 0.152 e. The third kappa shape index (κ3) is 1.97. The highest BCUT2D eigenvalue weighted by Gasteiger charge is 2.41. The van der Waals surface area contributed by atoms with Gasteiger partial charge in [0.05, 0.1) is 5.69 Å². The lowest BCUT2D eigenvalue weighted by atomic mass is 10.1. The summed E-state index contributed by atoms with van der Waals surface area (Å²) >= 11 is 5.97. The first-order chi connectivity index (χ1) is 8.22. The van der Waals surface area contributed by atoms with Gasteiger partial charge in [-0.15, -0.1) is 11.6 Å². The van der Waals surface area contributed by atoms with Crippen LogP contribution in [0.3, 0.4) is 0 Å². The van der Waals surface area contributed by atoms with Crippen LogP contribution in [0.5, 0.6) is 0 Å². The Bertz CT molecular complexity index is 544. The van der Waals surface area contributed by atoms with E-state index in [0.29, 0.717) is 5.41 Å². The minimum Gasteiger partial charge on any atom is -0.368 e. The molecule has 2 aromatic rings. The number of hydrogen-bond donors (Lipinski definition) is 1. The van der Waals surface area contributed by atoms with Gasteiger partial charge in [0.1, 0.15) is 5.52 Å². The molecule has 17 heavy (non-hydrogen) atoms. The Kier molecular flexibility index (Phi) is 2.47. The van der Waals surface area contributed by atoms with Crippen LogP contribution in [0.4, 0.5) is 5.82 Å². The molecule has 0 unspecified atom stereocenters. The maximum atomic E-state index is 5.97. The Morgan fingerprint density at radius 2 is 2.35 bits per heavy atom. The van der Waals surface area contributed by atoms with Crippen molar-refractivity contribution in [3.05, 3.63) is 24.2 Å². The maximum absolute atomic E-state index is 5.97. The summed E-state index contributed by atoms with van der Waals surface area (Å²) in [4.78, 5) is 4.37.